The molecule has 7 heteroatoms. The van der Waals surface area contributed by atoms with Gasteiger partial charge in [-0.05, 0) is 48.9 Å². The first-order chi connectivity index (χ1) is 12.6. The van der Waals surface area contributed by atoms with E-state index in [1.807, 2.05) is 18.2 Å². The molecule has 26 heavy (non-hydrogen) atoms. The van der Waals surface area contributed by atoms with Gasteiger partial charge in [-0.25, -0.2) is 0 Å². The van der Waals surface area contributed by atoms with Gasteiger partial charge in [0.05, 0.1) is 0 Å². The van der Waals surface area contributed by atoms with Gasteiger partial charge in [0.25, 0.3) is 5.91 Å². The van der Waals surface area contributed by atoms with Crippen LogP contribution in [-0.2, 0) is 22.7 Å². The van der Waals surface area contributed by atoms with Gasteiger partial charge >= 0.3 is 0 Å². The predicted octanol–water partition coefficient (Wildman–Crippen LogP) is 0.275. The molecule has 1 aromatic carbocycles. The molecule has 1 saturated heterocycles. The van der Waals surface area contributed by atoms with Crippen molar-refractivity contribution in [2.75, 3.05) is 6.54 Å². The number of carbonyl (C=O) groups is 3. The number of nitrogens with two attached hydrogens (primary N) is 1. The van der Waals surface area contributed by atoms with Crippen LogP contribution in [0.15, 0.2) is 18.2 Å². The fourth-order valence-electron chi connectivity index (χ4n) is 4.11. The fraction of sp³-hybridized carbons (Fsp3) is 0.526. The third-order valence-corrected chi connectivity index (χ3v) is 5.88. The highest BCUT2D eigenvalue weighted by molar-refractivity contribution is 6.05. The van der Waals surface area contributed by atoms with E-state index in [0.29, 0.717) is 30.5 Å². The maximum atomic E-state index is 12.7. The van der Waals surface area contributed by atoms with Gasteiger partial charge in [-0.3, -0.25) is 19.7 Å². The van der Waals surface area contributed by atoms with Crippen LogP contribution < -0.4 is 16.4 Å². The molecule has 2 heterocycles. The molecule has 0 radical (unpaired) electrons. The Morgan fingerprint density at radius 3 is 2.73 bits per heavy atom. The Balaban J connectivity index is 1.43. The van der Waals surface area contributed by atoms with Gasteiger partial charge in [-0.1, -0.05) is 12.1 Å². The molecule has 1 unspecified atom stereocenters. The fourth-order valence-corrected chi connectivity index (χ4v) is 4.11. The number of benzene rings is 1. The highest BCUT2D eigenvalue weighted by atomic mass is 16.2. The number of imide groups is 1. The molecule has 3 aliphatic rings. The van der Waals surface area contributed by atoms with Gasteiger partial charge in [-0.15, -0.1) is 0 Å². The number of amides is 3. The van der Waals surface area contributed by atoms with Crippen LogP contribution >= 0.6 is 0 Å². The van der Waals surface area contributed by atoms with Gasteiger partial charge in [0.2, 0.25) is 11.8 Å². The molecule has 0 spiro atoms. The second kappa shape index (κ2) is 6.81. The number of nitrogens with zero attached hydrogens (tertiary/aromatic N) is 1. The van der Waals surface area contributed by atoms with Crippen LogP contribution in [0.4, 0.5) is 0 Å². The summed E-state index contributed by atoms with van der Waals surface area (Å²) in [6, 6.07) is 5.78. The zero-order chi connectivity index (χ0) is 18.3. The molecule has 1 saturated carbocycles. The van der Waals surface area contributed by atoms with Crippen molar-refractivity contribution in [1.82, 2.24) is 15.5 Å². The van der Waals surface area contributed by atoms with E-state index in [4.69, 9.17) is 5.73 Å². The third kappa shape index (κ3) is 3.01. The van der Waals surface area contributed by atoms with Crippen molar-refractivity contribution in [2.45, 2.75) is 50.9 Å². The molecule has 3 amide bonds. The van der Waals surface area contributed by atoms with Crippen molar-refractivity contribution in [1.29, 1.82) is 0 Å². The van der Waals surface area contributed by atoms with Crippen molar-refractivity contribution < 1.29 is 14.4 Å². The molecule has 0 bridgehead atoms. The van der Waals surface area contributed by atoms with Crippen molar-refractivity contribution in [3.8, 4) is 0 Å². The van der Waals surface area contributed by atoms with Gasteiger partial charge in [0, 0.05) is 31.1 Å². The number of hydrogen-bond donors (Lipinski definition) is 3. The van der Waals surface area contributed by atoms with E-state index < -0.39 is 6.04 Å². The van der Waals surface area contributed by atoms with Gasteiger partial charge in [0.1, 0.15) is 6.04 Å². The van der Waals surface area contributed by atoms with E-state index in [2.05, 4.69) is 10.6 Å². The van der Waals surface area contributed by atoms with Crippen molar-refractivity contribution in [3.63, 3.8) is 0 Å². The topological polar surface area (TPSA) is 105 Å². The second-order valence-corrected chi connectivity index (χ2v) is 7.45. The Morgan fingerprint density at radius 2 is 2.04 bits per heavy atom. The van der Waals surface area contributed by atoms with Gasteiger partial charge in [0.15, 0.2) is 0 Å². The highest BCUT2D eigenvalue weighted by Crippen LogP contribution is 2.29. The molecule has 1 aliphatic carbocycles. The molecule has 0 aromatic heterocycles. The summed E-state index contributed by atoms with van der Waals surface area (Å²) in [6.07, 6.45) is 3.01. The maximum Gasteiger partial charge on any atom is 0.255 e. The summed E-state index contributed by atoms with van der Waals surface area (Å²) in [7, 11) is 0. The number of hydrogen-bond acceptors (Lipinski definition) is 5. The normalized spacial score (nSPS) is 28.0. The zero-order valence-corrected chi connectivity index (χ0v) is 14.7. The second-order valence-electron chi connectivity index (χ2n) is 7.45. The summed E-state index contributed by atoms with van der Waals surface area (Å²) < 4.78 is 0. The van der Waals surface area contributed by atoms with E-state index in [-0.39, 0.29) is 24.1 Å². The van der Waals surface area contributed by atoms with Crippen molar-refractivity contribution >= 4 is 17.7 Å². The largest absolute Gasteiger partial charge is 0.330 e. The number of piperidine rings is 1. The molecule has 138 valence electrons. The number of fused-ring (bicyclic) bond motifs is 1. The molecule has 4 N–H and O–H groups in total. The number of rotatable bonds is 5. The molecule has 7 nitrogen and oxygen atoms in total. The van der Waals surface area contributed by atoms with E-state index in [0.717, 1.165) is 30.6 Å². The molecule has 1 aromatic rings. The summed E-state index contributed by atoms with van der Waals surface area (Å²) in [5.74, 6) is -0.206. The van der Waals surface area contributed by atoms with Crippen molar-refractivity contribution in [2.24, 2.45) is 11.7 Å². The highest BCUT2D eigenvalue weighted by Gasteiger charge is 2.39. The summed E-state index contributed by atoms with van der Waals surface area (Å²) >= 11 is 0. The predicted molar refractivity (Wildman–Crippen MR) is 94.9 cm³/mol. The number of nitrogens with one attached hydrogen (secondary N) is 2. The lowest BCUT2D eigenvalue weighted by atomic mass is 9.79. The van der Waals surface area contributed by atoms with E-state index in [1.165, 1.54) is 6.42 Å². The maximum absolute atomic E-state index is 12.7. The lowest BCUT2D eigenvalue weighted by Gasteiger charge is -2.36. The molecule has 3 atom stereocenters. The van der Waals surface area contributed by atoms with Crippen molar-refractivity contribution in [3.05, 3.63) is 34.9 Å². The summed E-state index contributed by atoms with van der Waals surface area (Å²) in [6.45, 7) is 1.89. The van der Waals surface area contributed by atoms with Gasteiger partial charge < -0.3 is 16.0 Å². The zero-order valence-electron chi connectivity index (χ0n) is 14.7. The Hall–Kier alpha value is -2.25. The average molecular weight is 356 g/mol. The van der Waals surface area contributed by atoms with Crippen LogP contribution in [0.2, 0.25) is 0 Å². The van der Waals surface area contributed by atoms with Crippen LogP contribution in [0.3, 0.4) is 0 Å². The van der Waals surface area contributed by atoms with Crippen LogP contribution in [-0.4, -0.2) is 41.2 Å². The van der Waals surface area contributed by atoms with Crippen LogP contribution in [0.1, 0.15) is 47.2 Å². The first kappa shape index (κ1) is 17.2. The van der Waals surface area contributed by atoms with E-state index >= 15 is 0 Å². The van der Waals surface area contributed by atoms with Crippen LogP contribution in [0, 0.1) is 5.92 Å². The quantitative estimate of drug-likeness (QED) is 0.657. The monoisotopic (exact) mass is 356 g/mol. The first-order valence-electron chi connectivity index (χ1n) is 9.26. The lowest BCUT2D eigenvalue weighted by molar-refractivity contribution is -0.136. The average Bonchev–Trinajstić information content (AvgIpc) is 2.91. The third-order valence-electron chi connectivity index (χ3n) is 5.88. The lowest BCUT2D eigenvalue weighted by Crippen LogP contribution is -2.52. The molecular formula is C19H24N4O3. The number of carbonyl (C=O) groups excluding carboxylic acids is 3. The first-order valence-corrected chi connectivity index (χ1v) is 9.26. The molecular weight excluding hydrogens is 332 g/mol. The van der Waals surface area contributed by atoms with Crippen LogP contribution in [0.25, 0.3) is 0 Å². The molecule has 2 aliphatic heterocycles. The summed E-state index contributed by atoms with van der Waals surface area (Å²) in [4.78, 5) is 37.7. The Kier molecular flexibility index (Phi) is 4.50. The minimum Gasteiger partial charge on any atom is -0.330 e. The Labute approximate surface area is 152 Å². The summed E-state index contributed by atoms with van der Waals surface area (Å²) in [5.41, 5.74) is 8.48. The Morgan fingerprint density at radius 1 is 1.19 bits per heavy atom. The van der Waals surface area contributed by atoms with Crippen LogP contribution in [0.5, 0.6) is 0 Å². The Bertz CT molecular complexity index is 761. The summed E-state index contributed by atoms with van der Waals surface area (Å²) in [5, 5.41) is 5.87. The standard InChI is InChI=1S/C19H24N4O3/c20-8-12-2-4-15(12)21-9-11-1-3-14-13(7-11)10-23(19(14)26)16-5-6-17(24)22-18(16)25/h1,3,7,12,15-16,21H,2,4-6,8-10,20H2,(H,22,24,25)/t12-,15+,16?/m0/s1. The SMILES string of the molecule is NC[C@@H]1CC[C@H]1NCc1ccc2c(c1)CN(C1CCC(=O)NC1=O)C2=O. The molecule has 2 fully saturated rings. The van der Waals surface area contributed by atoms with E-state index in [9.17, 15) is 14.4 Å². The minimum absolute atomic E-state index is 0.129. The minimum atomic E-state index is -0.561. The molecule has 4 rings (SSSR count). The van der Waals surface area contributed by atoms with Gasteiger partial charge in [-0.2, -0.15) is 0 Å². The van der Waals surface area contributed by atoms with E-state index in [1.54, 1.807) is 4.90 Å². The smallest absolute Gasteiger partial charge is 0.255 e.